The lowest BCUT2D eigenvalue weighted by Gasteiger charge is -2.36. The molecule has 0 aromatic carbocycles. The minimum atomic E-state index is -4.35. The largest absolute Gasteiger partial charge is 0.416 e. The Kier molecular flexibility index (Phi) is 4.96. The molecule has 1 unspecified atom stereocenters. The lowest BCUT2D eigenvalue weighted by atomic mass is 10.00. The number of hydrogen-bond acceptors (Lipinski definition) is 3. The summed E-state index contributed by atoms with van der Waals surface area (Å²) >= 11 is 0. The van der Waals surface area contributed by atoms with E-state index in [0.29, 0.717) is 18.2 Å². The van der Waals surface area contributed by atoms with Gasteiger partial charge in [0.05, 0.1) is 5.56 Å². The first kappa shape index (κ1) is 15.9. The molecule has 1 N–H and O–H groups in total. The molecule has 2 heterocycles. The van der Waals surface area contributed by atoms with Crippen LogP contribution in [0.15, 0.2) is 12.1 Å². The SMILES string of the molecule is CCNc1cc(C(F)(F)F)cc(N2CCCCC2CC)n1. The number of alkyl halides is 3. The molecule has 0 bridgehead atoms. The van der Waals surface area contributed by atoms with Crippen LogP contribution in [0.2, 0.25) is 0 Å². The van der Waals surface area contributed by atoms with E-state index in [2.05, 4.69) is 17.2 Å². The van der Waals surface area contributed by atoms with Gasteiger partial charge in [0.2, 0.25) is 0 Å². The monoisotopic (exact) mass is 301 g/mol. The Bertz CT molecular complexity index is 474. The quantitative estimate of drug-likeness (QED) is 0.898. The van der Waals surface area contributed by atoms with Crippen molar-refractivity contribution in [1.82, 2.24) is 4.98 Å². The van der Waals surface area contributed by atoms with Crippen molar-refractivity contribution in [3.05, 3.63) is 17.7 Å². The highest BCUT2D eigenvalue weighted by Crippen LogP contribution is 2.34. The lowest BCUT2D eigenvalue weighted by molar-refractivity contribution is -0.137. The van der Waals surface area contributed by atoms with Gasteiger partial charge in [0.1, 0.15) is 11.6 Å². The number of pyridine rings is 1. The minimum absolute atomic E-state index is 0.282. The molecule has 118 valence electrons. The summed E-state index contributed by atoms with van der Waals surface area (Å²) in [4.78, 5) is 6.40. The van der Waals surface area contributed by atoms with Crippen molar-refractivity contribution in [2.75, 3.05) is 23.3 Å². The topological polar surface area (TPSA) is 28.2 Å². The van der Waals surface area contributed by atoms with E-state index < -0.39 is 11.7 Å². The molecule has 0 saturated carbocycles. The smallest absolute Gasteiger partial charge is 0.370 e. The third-order valence-electron chi connectivity index (χ3n) is 3.89. The summed E-state index contributed by atoms with van der Waals surface area (Å²) in [5, 5.41) is 2.89. The van der Waals surface area contributed by atoms with Gasteiger partial charge in [0.25, 0.3) is 0 Å². The van der Waals surface area contributed by atoms with Crippen LogP contribution in [0.3, 0.4) is 0 Å². The molecule has 1 fully saturated rings. The highest BCUT2D eigenvalue weighted by molar-refractivity contribution is 5.52. The Morgan fingerprint density at radius 2 is 2.05 bits per heavy atom. The van der Waals surface area contributed by atoms with Gasteiger partial charge in [-0.05, 0) is 44.7 Å². The molecule has 1 aromatic heterocycles. The normalized spacial score (nSPS) is 19.7. The average Bonchev–Trinajstić information content (AvgIpc) is 2.46. The van der Waals surface area contributed by atoms with Crippen LogP contribution in [-0.4, -0.2) is 24.1 Å². The van der Waals surface area contributed by atoms with E-state index >= 15 is 0 Å². The summed E-state index contributed by atoms with van der Waals surface area (Å²) in [7, 11) is 0. The first-order chi connectivity index (χ1) is 9.95. The fourth-order valence-electron chi connectivity index (χ4n) is 2.83. The van der Waals surface area contributed by atoms with Crippen molar-refractivity contribution in [1.29, 1.82) is 0 Å². The van der Waals surface area contributed by atoms with E-state index in [9.17, 15) is 13.2 Å². The molecular formula is C15H22F3N3. The molecular weight excluding hydrogens is 279 g/mol. The van der Waals surface area contributed by atoms with Crippen LogP contribution in [0, 0.1) is 0 Å². The number of aromatic nitrogens is 1. The second kappa shape index (κ2) is 6.54. The molecule has 1 aliphatic heterocycles. The average molecular weight is 301 g/mol. The van der Waals surface area contributed by atoms with Crippen molar-refractivity contribution in [3.63, 3.8) is 0 Å². The predicted molar refractivity (Wildman–Crippen MR) is 78.7 cm³/mol. The van der Waals surface area contributed by atoms with Gasteiger partial charge >= 0.3 is 6.18 Å². The zero-order valence-corrected chi connectivity index (χ0v) is 12.5. The van der Waals surface area contributed by atoms with Crippen molar-refractivity contribution in [2.45, 2.75) is 51.7 Å². The number of piperidine rings is 1. The van der Waals surface area contributed by atoms with Gasteiger partial charge in [0, 0.05) is 19.1 Å². The van der Waals surface area contributed by atoms with Crippen LogP contribution < -0.4 is 10.2 Å². The number of hydrogen-bond donors (Lipinski definition) is 1. The maximum absolute atomic E-state index is 13.1. The molecule has 0 radical (unpaired) electrons. The fraction of sp³-hybridized carbons (Fsp3) is 0.667. The third-order valence-corrected chi connectivity index (χ3v) is 3.89. The Morgan fingerprint density at radius 1 is 1.29 bits per heavy atom. The Labute approximate surface area is 123 Å². The van der Waals surface area contributed by atoms with E-state index in [1.807, 2.05) is 11.8 Å². The maximum Gasteiger partial charge on any atom is 0.416 e. The van der Waals surface area contributed by atoms with Crippen LogP contribution in [0.5, 0.6) is 0 Å². The van der Waals surface area contributed by atoms with Crippen molar-refractivity contribution in [3.8, 4) is 0 Å². The summed E-state index contributed by atoms with van der Waals surface area (Å²) in [6.45, 7) is 5.24. The maximum atomic E-state index is 13.1. The first-order valence-electron chi connectivity index (χ1n) is 7.55. The molecule has 2 rings (SSSR count). The van der Waals surface area contributed by atoms with Gasteiger partial charge in [-0.3, -0.25) is 0 Å². The summed E-state index contributed by atoms with van der Waals surface area (Å²) in [5.41, 5.74) is -0.635. The van der Waals surface area contributed by atoms with E-state index in [4.69, 9.17) is 0 Å². The molecule has 1 aliphatic rings. The van der Waals surface area contributed by atoms with Crippen LogP contribution in [0.1, 0.15) is 45.1 Å². The van der Waals surface area contributed by atoms with E-state index in [0.717, 1.165) is 38.3 Å². The number of nitrogens with one attached hydrogen (secondary N) is 1. The summed E-state index contributed by atoms with van der Waals surface area (Å²) in [6.07, 6.45) is -0.266. The number of anilines is 2. The molecule has 1 atom stereocenters. The van der Waals surface area contributed by atoms with Gasteiger partial charge in [-0.1, -0.05) is 6.92 Å². The molecule has 0 aliphatic carbocycles. The van der Waals surface area contributed by atoms with E-state index in [1.54, 1.807) is 0 Å². The zero-order valence-electron chi connectivity index (χ0n) is 12.5. The zero-order chi connectivity index (χ0) is 15.5. The van der Waals surface area contributed by atoms with Crippen LogP contribution in [-0.2, 0) is 6.18 Å². The van der Waals surface area contributed by atoms with Gasteiger partial charge in [-0.15, -0.1) is 0 Å². The molecule has 1 aromatic rings. The van der Waals surface area contributed by atoms with E-state index in [-0.39, 0.29) is 6.04 Å². The summed E-state index contributed by atoms with van der Waals surface area (Å²) in [6, 6.07) is 2.54. The summed E-state index contributed by atoms with van der Waals surface area (Å²) in [5.74, 6) is 0.732. The second-order valence-corrected chi connectivity index (χ2v) is 5.38. The molecule has 3 nitrogen and oxygen atoms in total. The van der Waals surface area contributed by atoms with Crippen molar-refractivity contribution < 1.29 is 13.2 Å². The molecule has 6 heteroatoms. The Balaban J connectivity index is 2.38. The summed E-state index contributed by atoms with van der Waals surface area (Å²) < 4.78 is 39.2. The highest BCUT2D eigenvalue weighted by Gasteiger charge is 2.33. The van der Waals surface area contributed by atoms with Gasteiger partial charge in [0.15, 0.2) is 0 Å². The van der Waals surface area contributed by atoms with Gasteiger partial charge < -0.3 is 10.2 Å². The highest BCUT2D eigenvalue weighted by atomic mass is 19.4. The van der Waals surface area contributed by atoms with Gasteiger partial charge in [-0.2, -0.15) is 13.2 Å². The van der Waals surface area contributed by atoms with E-state index in [1.165, 1.54) is 6.07 Å². The van der Waals surface area contributed by atoms with Crippen LogP contribution in [0.25, 0.3) is 0 Å². The molecule has 0 amide bonds. The number of halogens is 3. The minimum Gasteiger partial charge on any atom is -0.370 e. The second-order valence-electron chi connectivity index (χ2n) is 5.38. The number of rotatable bonds is 4. The van der Waals surface area contributed by atoms with Crippen LogP contribution in [0.4, 0.5) is 24.8 Å². The lowest BCUT2D eigenvalue weighted by Crippen LogP contribution is -2.39. The Morgan fingerprint density at radius 3 is 2.67 bits per heavy atom. The van der Waals surface area contributed by atoms with Crippen molar-refractivity contribution in [2.24, 2.45) is 0 Å². The number of nitrogens with zero attached hydrogens (tertiary/aromatic N) is 2. The third kappa shape index (κ3) is 3.80. The predicted octanol–water partition coefficient (Wildman–Crippen LogP) is 4.30. The molecule has 1 saturated heterocycles. The molecule has 0 spiro atoms. The van der Waals surface area contributed by atoms with Crippen LogP contribution >= 0.6 is 0 Å². The van der Waals surface area contributed by atoms with Gasteiger partial charge in [-0.25, -0.2) is 4.98 Å². The fourth-order valence-corrected chi connectivity index (χ4v) is 2.83. The van der Waals surface area contributed by atoms with Crippen molar-refractivity contribution >= 4 is 11.6 Å². The Hall–Kier alpha value is -1.46. The first-order valence-corrected chi connectivity index (χ1v) is 7.55. The standard InChI is InChI=1S/C15H22F3N3/c1-3-12-7-5-6-8-21(12)14-10-11(15(16,17)18)9-13(20-14)19-4-2/h9-10,12H,3-8H2,1-2H3,(H,19,20). The molecule has 21 heavy (non-hydrogen) atoms.